The van der Waals surface area contributed by atoms with E-state index in [4.69, 9.17) is 0 Å². The average Bonchev–Trinajstić information content (AvgIpc) is 2.69. The molecule has 1 unspecified atom stereocenters. The topological polar surface area (TPSA) is 33.1 Å². The Kier molecular flexibility index (Phi) is 4.57. The zero-order valence-electron chi connectivity index (χ0n) is 11.0. The molecule has 1 aromatic rings. The molecule has 4 heteroatoms. The van der Waals surface area contributed by atoms with Crippen molar-refractivity contribution >= 4 is 0 Å². The van der Waals surface area contributed by atoms with E-state index in [1.165, 1.54) is 38.2 Å². The van der Waals surface area contributed by atoms with Gasteiger partial charge in [-0.15, -0.1) is 0 Å². The highest BCUT2D eigenvalue weighted by Crippen LogP contribution is 2.08. The van der Waals surface area contributed by atoms with E-state index in [0.717, 1.165) is 13.1 Å². The van der Waals surface area contributed by atoms with Crippen molar-refractivity contribution in [3.8, 4) is 0 Å². The average molecular weight is 236 g/mol. The summed E-state index contributed by atoms with van der Waals surface area (Å²) >= 11 is 0. The SMILES string of the molecule is CCC1CCN(Cc2nccn2C)CCCN1. The van der Waals surface area contributed by atoms with Gasteiger partial charge in [-0.1, -0.05) is 6.92 Å². The van der Waals surface area contributed by atoms with Crippen molar-refractivity contribution < 1.29 is 0 Å². The summed E-state index contributed by atoms with van der Waals surface area (Å²) in [6.45, 7) is 6.76. The lowest BCUT2D eigenvalue weighted by molar-refractivity contribution is 0.218. The third-order valence-corrected chi connectivity index (χ3v) is 3.66. The van der Waals surface area contributed by atoms with Crippen molar-refractivity contribution in [2.45, 2.75) is 38.8 Å². The second kappa shape index (κ2) is 6.17. The van der Waals surface area contributed by atoms with Crippen molar-refractivity contribution in [3.05, 3.63) is 18.2 Å². The molecule has 1 atom stereocenters. The molecule has 0 aliphatic carbocycles. The number of hydrogen-bond donors (Lipinski definition) is 1. The summed E-state index contributed by atoms with van der Waals surface area (Å²) in [7, 11) is 2.07. The number of aryl methyl sites for hydroxylation is 1. The van der Waals surface area contributed by atoms with E-state index in [-0.39, 0.29) is 0 Å². The van der Waals surface area contributed by atoms with Crippen LogP contribution in [0.15, 0.2) is 12.4 Å². The molecule has 2 rings (SSSR count). The fourth-order valence-corrected chi connectivity index (χ4v) is 2.42. The Morgan fingerprint density at radius 1 is 1.47 bits per heavy atom. The molecule has 2 heterocycles. The van der Waals surface area contributed by atoms with Gasteiger partial charge < -0.3 is 9.88 Å². The second-order valence-electron chi connectivity index (χ2n) is 4.93. The number of rotatable bonds is 3. The van der Waals surface area contributed by atoms with Crippen LogP contribution in [-0.2, 0) is 13.6 Å². The lowest BCUT2D eigenvalue weighted by Crippen LogP contribution is -2.39. The molecule has 0 aromatic carbocycles. The van der Waals surface area contributed by atoms with Crippen LogP contribution in [0, 0.1) is 0 Å². The van der Waals surface area contributed by atoms with Crippen LogP contribution in [0.4, 0.5) is 0 Å². The first-order valence-corrected chi connectivity index (χ1v) is 6.71. The van der Waals surface area contributed by atoms with E-state index in [2.05, 4.69) is 33.7 Å². The highest BCUT2D eigenvalue weighted by atomic mass is 15.2. The van der Waals surface area contributed by atoms with Gasteiger partial charge in [-0.05, 0) is 32.4 Å². The molecular weight excluding hydrogens is 212 g/mol. The highest BCUT2D eigenvalue weighted by Gasteiger charge is 2.14. The van der Waals surface area contributed by atoms with E-state index in [1.807, 2.05) is 12.4 Å². The van der Waals surface area contributed by atoms with Gasteiger partial charge in [-0.2, -0.15) is 0 Å². The normalized spacial score (nSPS) is 23.3. The first-order valence-electron chi connectivity index (χ1n) is 6.71. The van der Waals surface area contributed by atoms with Crippen LogP contribution in [0.5, 0.6) is 0 Å². The Morgan fingerprint density at radius 2 is 2.35 bits per heavy atom. The molecule has 1 N–H and O–H groups in total. The first-order chi connectivity index (χ1) is 8.29. The molecule has 1 aromatic heterocycles. The Balaban J connectivity index is 1.89. The first kappa shape index (κ1) is 12.6. The molecule has 1 aliphatic heterocycles. The standard InChI is InChI=1S/C13H24N4/c1-3-12-5-9-17(8-4-6-14-12)11-13-15-7-10-16(13)2/h7,10,12,14H,3-6,8-9,11H2,1-2H3. The molecule has 1 fully saturated rings. The van der Waals surface area contributed by atoms with Gasteiger partial charge in [-0.3, -0.25) is 4.90 Å². The summed E-state index contributed by atoms with van der Waals surface area (Å²) < 4.78 is 2.12. The van der Waals surface area contributed by atoms with Crippen LogP contribution in [0.1, 0.15) is 32.0 Å². The highest BCUT2D eigenvalue weighted by molar-refractivity contribution is 4.91. The summed E-state index contributed by atoms with van der Waals surface area (Å²) in [6, 6.07) is 0.694. The Labute approximate surface area is 104 Å². The maximum atomic E-state index is 4.41. The number of nitrogens with one attached hydrogen (secondary N) is 1. The third-order valence-electron chi connectivity index (χ3n) is 3.66. The van der Waals surface area contributed by atoms with E-state index < -0.39 is 0 Å². The maximum absolute atomic E-state index is 4.41. The molecule has 0 spiro atoms. The fraction of sp³-hybridized carbons (Fsp3) is 0.769. The quantitative estimate of drug-likeness (QED) is 0.861. The monoisotopic (exact) mass is 236 g/mol. The van der Waals surface area contributed by atoms with Gasteiger partial charge in [0.25, 0.3) is 0 Å². The Morgan fingerprint density at radius 3 is 3.06 bits per heavy atom. The minimum absolute atomic E-state index is 0.694. The lowest BCUT2D eigenvalue weighted by Gasteiger charge is -2.28. The van der Waals surface area contributed by atoms with Gasteiger partial charge in [0.15, 0.2) is 0 Å². The zero-order chi connectivity index (χ0) is 12.1. The molecular formula is C13H24N4. The van der Waals surface area contributed by atoms with Crippen LogP contribution < -0.4 is 5.32 Å². The Hall–Kier alpha value is -0.870. The van der Waals surface area contributed by atoms with E-state index in [1.54, 1.807) is 0 Å². The van der Waals surface area contributed by atoms with E-state index >= 15 is 0 Å². The van der Waals surface area contributed by atoms with Crippen LogP contribution in [0.2, 0.25) is 0 Å². The number of hydrogen-bond acceptors (Lipinski definition) is 3. The van der Waals surface area contributed by atoms with Crippen LogP contribution in [0.25, 0.3) is 0 Å². The number of imidazole rings is 1. The lowest BCUT2D eigenvalue weighted by atomic mass is 10.1. The van der Waals surface area contributed by atoms with Gasteiger partial charge in [0.05, 0.1) is 6.54 Å². The van der Waals surface area contributed by atoms with Gasteiger partial charge >= 0.3 is 0 Å². The van der Waals surface area contributed by atoms with Gasteiger partial charge in [0, 0.05) is 32.0 Å². The van der Waals surface area contributed by atoms with Crippen LogP contribution in [0.3, 0.4) is 0 Å². The number of nitrogens with zero attached hydrogens (tertiary/aromatic N) is 3. The van der Waals surface area contributed by atoms with Crippen molar-refractivity contribution in [2.24, 2.45) is 7.05 Å². The van der Waals surface area contributed by atoms with Crippen LogP contribution >= 0.6 is 0 Å². The van der Waals surface area contributed by atoms with Gasteiger partial charge in [0.1, 0.15) is 5.82 Å². The largest absolute Gasteiger partial charge is 0.337 e. The minimum atomic E-state index is 0.694. The summed E-state index contributed by atoms with van der Waals surface area (Å²) in [5, 5.41) is 3.61. The van der Waals surface area contributed by atoms with E-state index in [9.17, 15) is 0 Å². The number of aromatic nitrogens is 2. The van der Waals surface area contributed by atoms with Crippen molar-refractivity contribution in [1.29, 1.82) is 0 Å². The summed E-state index contributed by atoms with van der Waals surface area (Å²) in [6.07, 6.45) is 7.63. The molecule has 17 heavy (non-hydrogen) atoms. The van der Waals surface area contributed by atoms with Crippen LogP contribution in [-0.4, -0.2) is 40.1 Å². The zero-order valence-corrected chi connectivity index (χ0v) is 11.0. The minimum Gasteiger partial charge on any atom is -0.337 e. The van der Waals surface area contributed by atoms with Gasteiger partial charge in [0.2, 0.25) is 0 Å². The maximum Gasteiger partial charge on any atom is 0.122 e. The predicted molar refractivity (Wildman–Crippen MR) is 69.8 cm³/mol. The third kappa shape index (κ3) is 3.54. The predicted octanol–water partition coefficient (Wildman–Crippen LogP) is 1.38. The molecule has 96 valence electrons. The molecule has 0 radical (unpaired) electrons. The summed E-state index contributed by atoms with van der Waals surface area (Å²) in [5.74, 6) is 1.17. The molecule has 1 saturated heterocycles. The molecule has 0 saturated carbocycles. The van der Waals surface area contributed by atoms with E-state index in [0.29, 0.717) is 6.04 Å². The molecule has 1 aliphatic rings. The smallest absolute Gasteiger partial charge is 0.122 e. The Bertz CT molecular complexity index is 334. The molecule has 4 nitrogen and oxygen atoms in total. The fourth-order valence-electron chi connectivity index (χ4n) is 2.42. The van der Waals surface area contributed by atoms with Crippen molar-refractivity contribution in [3.63, 3.8) is 0 Å². The molecule has 0 bridgehead atoms. The molecule has 0 amide bonds. The summed E-state index contributed by atoms with van der Waals surface area (Å²) in [4.78, 5) is 6.94. The summed E-state index contributed by atoms with van der Waals surface area (Å²) in [5.41, 5.74) is 0. The van der Waals surface area contributed by atoms with Gasteiger partial charge in [-0.25, -0.2) is 4.98 Å². The van der Waals surface area contributed by atoms with Crippen molar-refractivity contribution in [2.75, 3.05) is 19.6 Å². The van der Waals surface area contributed by atoms with Crippen molar-refractivity contribution in [1.82, 2.24) is 19.8 Å². The second-order valence-corrected chi connectivity index (χ2v) is 4.93.